The Bertz CT molecular complexity index is 1300. The minimum absolute atomic E-state index is 0.126. The Labute approximate surface area is 191 Å². The van der Waals surface area contributed by atoms with Crippen molar-refractivity contribution in [2.75, 3.05) is 19.0 Å². The number of halogens is 1. The molecule has 0 aliphatic heterocycles. The molecule has 6 nitrogen and oxygen atoms in total. The molecular weight excluding hydrogens is 419 g/mol. The van der Waals surface area contributed by atoms with Gasteiger partial charge < -0.3 is 9.88 Å². The van der Waals surface area contributed by atoms with Gasteiger partial charge in [0.25, 0.3) is 5.91 Å². The quantitative estimate of drug-likeness (QED) is 0.385. The Kier molecular flexibility index (Phi) is 6.40. The van der Waals surface area contributed by atoms with Crippen LogP contribution in [0.2, 0.25) is 0 Å². The number of hydrazine groups is 1. The van der Waals surface area contributed by atoms with E-state index in [1.807, 2.05) is 55.4 Å². The van der Waals surface area contributed by atoms with Crippen LogP contribution in [0.1, 0.15) is 22.3 Å². The number of rotatable bonds is 6. The summed E-state index contributed by atoms with van der Waals surface area (Å²) in [6, 6.07) is 21.4. The van der Waals surface area contributed by atoms with Crippen molar-refractivity contribution in [3.05, 3.63) is 89.7 Å². The fourth-order valence-corrected chi connectivity index (χ4v) is 3.76. The van der Waals surface area contributed by atoms with E-state index in [0.29, 0.717) is 12.0 Å². The maximum Gasteiger partial charge on any atom is 0.269 e. The van der Waals surface area contributed by atoms with Crippen LogP contribution in [0.4, 0.5) is 10.1 Å². The van der Waals surface area contributed by atoms with Gasteiger partial charge in [-0.15, -0.1) is 0 Å². The molecule has 0 spiro atoms. The van der Waals surface area contributed by atoms with Crippen molar-refractivity contribution in [1.82, 2.24) is 15.8 Å². The first-order valence-corrected chi connectivity index (χ1v) is 10.6. The van der Waals surface area contributed by atoms with Gasteiger partial charge in [-0.2, -0.15) is 0 Å². The Morgan fingerprint density at radius 3 is 2.48 bits per heavy atom. The fraction of sp³-hybridized carbons (Fsp3) is 0.154. The first-order chi connectivity index (χ1) is 15.9. The monoisotopic (exact) mass is 444 g/mol. The highest BCUT2D eigenvalue weighted by molar-refractivity contribution is 5.96. The third-order valence-corrected chi connectivity index (χ3v) is 5.47. The van der Waals surface area contributed by atoms with E-state index in [4.69, 9.17) is 0 Å². The maximum atomic E-state index is 13.9. The zero-order valence-corrected chi connectivity index (χ0v) is 18.5. The first-order valence-electron chi connectivity index (χ1n) is 10.6. The summed E-state index contributed by atoms with van der Waals surface area (Å²) in [5.41, 5.74) is 9.74. The fourth-order valence-electron chi connectivity index (χ4n) is 3.76. The van der Waals surface area contributed by atoms with Gasteiger partial charge in [0.15, 0.2) is 0 Å². The molecule has 0 unspecified atom stereocenters. The normalized spacial score (nSPS) is 10.8. The molecule has 33 heavy (non-hydrogen) atoms. The second-order valence-corrected chi connectivity index (χ2v) is 7.98. The van der Waals surface area contributed by atoms with Crippen LogP contribution in [-0.2, 0) is 11.2 Å². The summed E-state index contributed by atoms with van der Waals surface area (Å²) in [4.78, 5) is 30.1. The molecule has 0 aliphatic carbocycles. The van der Waals surface area contributed by atoms with Gasteiger partial charge in [0.1, 0.15) is 5.82 Å². The van der Waals surface area contributed by atoms with Crippen LogP contribution >= 0.6 is 0 Å². The number of fused-ring (bicyclic) bond motifs is 1. The van der Waals surface area contributed by atoms with E-state index in [9.17, 15) is 14.0 Å². The lowest BCUT2D eigenvalue weighted by atomic mass is 10.0. The van der Waals surface area contributed by atoms with Crippen LogP contribution in [0, 0.1) is 5.82 Å². The summed E-state index contributed by atoms with van der Waals surface area (Å²) < 4.78 is 13.9. The average Bonchev–Trinajstić information content (AvgIpc) is 3.19. The van der Waals surface area contributed by atoms with Crippen molar-refractivity contribution in [2.24, 2.45) is 0 Å². The largest absolute Gasteiger partial charge is 0.378 e. The van der Waals surface area contributed by atoms with Gasteiger partial charge in [-0.1, -0.05) is 36.4 Å². The molecule has 0 saturated carbocycles. The molecule has 7 heteroatoms. The van der Waals surface area contributed by atoms with Gasteiger partial charge in [-0.3, -0.25) is 20.4 Å². The van der Waals surface area contributed by atoms with Gasteiger partial charge in [-0.05, 0) is 53.9 Å². The lowest BCUT2D eigenvalue weighted by molar-refractivity contribution is -0.121. The van der Waals surface area contributed by atoms with E-state index >= 15 is 0 Å². The Hall–Kier alpha value is -4.13. The van der Waals surface area contributed by atoms with Gasteiger partial charge in [0.2, 0.25) is 5.91 Å². The number of aromatic amines is 1. The Balaban J connectivity index is 1.46. The molecule has 0 fully saturated rings. The van der Waals surface area contributed by atoms with Crippen molar-refractivity contribution in [2.45, 2.75) is 12.8 Å². The van der Waals surface area contributed by atoms with E-state index in [-0.39, 0.29) is 18.1 Å². The third kappa shape index (κ3) is 5.03. The Morgan fingerprint density at radius 1 is 0.939 bits per heavy atom. The summed E-state index contributed by atoms with van der Waals surface area (Å²) >= 11 is 0. The number of anilines is 1. The highest BCUT2D eigenvalue weighted by Gasteiger charge is 2.16. The number of aryl methyl sites for hydroxylation is 1. The van der Waals surface area contributed by atoms with Crippen LogP contribution in [-0.4, -0.2) is 30.9 Å². The molecule has 1 aromatic heterocycles. The van der Waals surface area contributed by atoms with Gasteiger partial charge in [-0.25, -0.2) is 4.39 Å². The molecule has 168 valence electrons. The van der Waals surface area contributed by atoms with E-state index < -0.39 is 5.91 Å². The molecule has 4 aromatic rings. The zero-order valence-electron chi connectivity index (χ0n) is 18.5. The van der Waals surface area contributed by atoms with Crippen molar-refractivity contribution in [1.29, 1.82) is 0 Å². The van der Waals surface area contributed by atoms with Crippen LogP contribution in [0.3, 0.4) is 0 Å². The van der Waals surface area contributed by atoms with Crippen LogP contribution < -0.4 is 15.8 Å². The van der Waals surface area contributed by atoms with Crippen molar-refractivity contribution in [3.8, 4) is 11.3 Å². The molecule has 1 heterocycles. The summed E-state index contributed by atoms with van der Waals surface area (Å²) in [7, 11) is 3.78. The van der Waals surface area contributed by atoms with Crippen molar-refractivity contribution >= 4 is 28.4 Å². The minimum atomic E-state index is -0.397. The summed E-state index contributed by atoms with van der Waals surface area (Å²) in [5, 5.41) is 0.742. The highest BCUT2D eigenvalue weighted by Crippen LogP contribution is 2.31. The van der Waals surface area contributed by atoms with Crippen LogP contribution in [0.15, 0.2) is 72.8 Å². The molecule has 0 aliphatic rings. The zero-order chi connectivity index (χ0) is 23.4. The maximum absolute atomic E-state index is 13.9. The average molecular weight is 445 g/mol. The van der Waals surface area contributed by atoms with Crippen molar-refractivity contribution in [3.63, 3.8) is 0 Å². The van der Waals surface area contributed by atoms with Crippen LogP contribution in [0.5, 0.6) is 0 Å². The number of nitrogens with one attached hydrogen (secondary N) is 3. The number of aromatic nitrogens is 1. The van der Waals surface area contributed by atoms with Crippen LogP contribution in [0.25, 0.3) is 22.2 Å². The number of nitrogens with zero attached hydrogens (tertiary/aromatic N) is 1. The van der Waals surface area contributed by atoms with Gasteiger partial charge in [0.05, 0.1) is 0 Å². The van der Waals surface area contributed by atoms with Gasteiger partial charge >= 0.3 is 0 Å². The van der Waals surface area contributed by atoms with Crippen molar-refractivity contribution < 1.29 is 14.0 Å². The van der Waals surface area contributed by atoms with Gasteiger partial charge in [0, 0.05) is 48.4 Å². The number of carbonyl (C=O) groups is 2. The van der Waals surface area contributed by atoms with E-state index in [0.717, 1.165) is 33.4 Å². The number of H-pyrrole nitrogens is 1. The highest BCUT2D eigenvalue weighted by atomic mass is 19.1. The predicted molar refractivity (Wildman–Crippen MR) is 128 cm³/mol. The molecule has 0 saturated heterocycles. The van der Waals surface area contributed by atoms with E-state index in [1.165, 1.54) is 12.1 Å². The topological polar surface area (TPSA) is 77.2 Å². The summed E-state index contributed by atoms with van der Waals surface area (Å²) in [6.45, 7) is 0. The number of carbonyl (C=O) groups excluding carboxylic acids is 2. The van der Waals surface area contributed by atoms with E-state index in [2.05, 4.69) is 15.8 Å². The number of hydrogen-bond acceptors (Lipinski definition) is 3. The Morgan fingerprint density at radius 2 is 1.73 bits per heavy atom. The standard InChI is InChI=1S/C26H25FN4O2/c1-31(2)20-10-6-9-18(15-20)26(33)30-29-24(32)14-12-21-22-16-19(27)11-13-23(22)28-25(21)17-7-4-3-5-8-17/h3-11,13,15-16,28H,12,14H2,1-2H3,(H,29,32)(H,30,33). The number of amides is 2. The third-order valence-electron chi connectivity index (χ3n) is 5.47. The lowest BCUT2D eigenvalue weighted by Crippen LogP contribution is -2.41. The first kappa shape index (κ1) is 22.1. The minimum Gasteiger partial charge on any atom is -0.378 e. The molecule has 3 aromatic carbocycles. The second-order valence-electron chi connectivity index (χ2n) is 7.98. The molecular formula is C26H25FN4O2. The number of hydrogen-bond donors (Lipinski definition) is 3. The molecule has 0 atom stereocenters. The number of benzene rings is 3. The summed E-state index contributed by atoms with van der Waals surface area (Å²) in [6.07, 6.45) is 0.507. The second kappa shape index (κ2) is 9.56. The smallest absolute Gasteiger partial charge is 0.269 e. The molecule has 0 bridgehead atoms. The lowest BCUT2D eigenvalue weighted by Gasteiger charge is -2.13. The van der Waals surface area contributed by atoms with E-state index in [1.54, 1.807) is 24.3 Å². The molecule has 2 amide bonds. The summed E-state index contributed by atoms with van der Waals surface area (Å²) in [5.74, 6) is -1.07. The molecule has 0 radical (unpaired) electrons. The SMILES string of the molecule is CN(C)c1cccc(C(=O)NNC(=O)CCc2c(-c3ccccc3)[nH]c3ccc(F)cc23)c1. The molecule has 3 N–H and O–H groups in total. The molecule has 4 rings (SSSR count). The predicted octanol–water partition coefficient (Wildman–Crippen LogP) is 4.43.